The third kappa shape index (κ3) is 9.33. The number of carbonyl (C=O) groups excluding carboxylic acids is 1. The number of furan rings is 1. The Morgan fingerprint density at radius 1 is 0.887 bits per heavy atom. The van der Waals surface area contributed by atoms with Gasteiger partial charge < -0.3 is 14.6 Å². The number of pyridine rings is 1. The fourth-order valence-electron chi connectivity index (χ4n) is 6.73. The minimum absolute atomic E-state index is 0. The minimum Gasteiger partial charge on any atom is -0.512 e. The van der Waals surface area contributed by atoms with E-state index in [9.17, 15) is 15.0 Å². The van der Waals surface area contributed by atoms with Crippen LogP contribution in [0.4, 0.5) is 0 Å². The molecule has 0 unspecified atom stereocenters. The number of hydrogen-bond donors (Lipinski definition) is 2. The molecule has 0 bridgehead atoms. The smallest absolute Gasteiger partial charge is 0.164 e. The quantitative estimate of drug-likeness (QED) is 0.0784. The van der Waals surface area contributed by atoms with Gasteiger partial charge in [0.1, 0.15) is 22.9 Å². The van der Waals surface area contributed by atoms with Crippen molar-refractivity contribution >= 4 is 27.5 Å². The zero-order chi connectivity index (χ0) is 38.6. The van der Waals surface area contributed by atoms with Gasteiger partial charge in [-0.25, -0.2) is 0 Å². The zero-order valence-electron chi connectivity index (χ0n) is 34.0. The SMILES string of the molecule is CCC(C)(CC)C(=O)/C=C(\O)C(C)(CC)CC.Cc1oc2c(-c3cccnc3-c3[c-]c4ccccc4c(C(C)(C)C)c3)c(O)ccc2c1CC(C)C.[Ir]. The van der Waals surface area contributed by atoms with Gasteiger partial charge in [-0.05, 0) is 74.1 Å². The van der Waals surface area contributed by atoms with Crippen LogP contribution in [0.15, 0.2) is 77.0 Å². The Bertz CT molecular complexity index is 2050. The average Bonchev–Trinajstić information content (AvgIpc) is 3.43. The molecule has 0 fully saturated rings. The molecule has 287 valence electrons. The summed E-state index contributed by atoms with van der Waals surface area (Å²) in [7, 11) is 0. The van der Waals surface area contributed by atoms with E-state index in [1.165, 1.54) is 22.6 Å². The largest absolute Gasteiger partial charge is 0.512 e. The predicted molar refractivity (Wildman–Crippen MR) is 218 cm³/mol. The first-order valence-electron chi connectivity index (χ1n) is 19.0. The summed E-state index contributed by atoms with van der Waals surface area (Å²) in [6, 6.07) is 21.8. The Hall–Kier alpha value is -3.73. The topological polar surface area (TPSA) is 83.6 Å². The number of aromatic nitrogens is 1. The molecule has 0 spiro atoms. The van der Waals surface area contributed by atoms with Crippen molar-refractivity contribution in [1.82, 2.24) is 4.98 Å². The number of rotatable bonds is 11. The normalized spacial score (nSPS) is 12.5. The summed E-state index contributed by atoms with van der Waals surface area (Å²) in [5.74, 6) is 1.88. The summed E-state index contributed by atoms with van der Waals surface area (Å²) in [6.45, 7) is 25.2. The number of aromatic hydroxyl groups is 1. The number of carbonyl (C=O) groups is 1. The van der Waals surface area contributed by atoms with Crippen LogP contribution in [0, 0.1) is 29.7 Å². The fourth-order valence-corrected chi connectivity index (χ4v) is 6.73. The van der Waals surface area contributed by atoms with Gasteiger partial charge in [-0.2, -0.15) is 0 Å². The van der Waals surface area contributed by atoms with E-state index in [0.717, 1.165) is 65.5 Å². The molecular formula is C47H60IrNO4-. The first-order chi connectivity index (χ1) is 24.4. The van der Waals surface area contributed by atoms with Crippen LogP contribution in [0.1, 0.15) is 119 Å². The van der Waals surface area contributed by atoms with E-state index in [0.29, 0.717) is 17.1 Å². The molecule has 5 nitrogen and oxygen atoms in total. The summed E-state index contributed by atoms with van der Waals surface area (Å²) in [5.41, 5.74) is 5.72. The summed E-state index contributed by atoms with van der Waals surface area (Å²) in [6.07, 6.45) is 7.48. The third-order valence-corrected chi connectivity index (χ3v) is 11.3. The number of allylic oxidation sites excluding steroid dienone is 2. The maximum absolute atomic E-state index is 12.2. The second-order valence-electron chi connectivity index (χ2n) is 16.3. The maximum atomic E-state index is 12.2. The van der Waals surface area contributed by atoms with Gasteiger partial charge in [-0.3, -0.25) is 9.78 Å². The number of ketones is 1. The molecule has 2 N–H and O–H groups in total. The second kappa shape index (κ2) is 17.6. The van der Waals surface area contributed by atoms with Crippen LogP contribution in [0.2, 0.25) is 0 Å². The van der Waals surface area contributed by atoms with Crippen molar-refractivity contribution in [2.45, 2.75) is 121 Å². The fraction of sp³-hybridized carbons (Fsp3) is 0.447. The number of benzene rings is 3. The second-order valence-corrected chi connectivity index (χ2v) is 16.3. The molecule has 5 aromatic rings. The molecule has 0 amide bonds. The summed E-state index contributed by atoms with van der Waals surface area (Å²) in [5, 5.41) is 24.5. The molecule has 0 aliphatic heterocycles. The molecule has 2 aromatic heterocycles. The van der Waals surface area contributed by atoms with Crippen LogP contribution in [0.25, 0.3) is 44.1 Å². The van der Waals surface area contributed by atoms with E-state index in [1.54, 1.807) is 12.3 Å². The Balaban J connectivity index is 0.000000359. The molecule has 53 heavy (non-hydrogen) atoms. The van der Waals surface area contributed by atoms with E-state index < -0.39 is 0 Å². The van der Waals surface area contributed by atoms with Gasteiger partial charge in [0.15, 0.2) is 5.78 Å². The van der Waals surface area contributed by atoms with Crippen LogP contribution < -0.4 is 0 Å². The predicted octanol–water partition coefficient (Wildman–Crippen LogP) is 13.3. The Morgan fingerprint density at radius 3 is 2.09 bits per heavy atom. The Kier molecular flexibility index (Phi) is 14.5. The first-order valence-corrected chi connectivity index (χ1v) is 19.0. The Labute approximate surface area is 331 Å². The van der Waals surface area contributed by atoms with Crippen molar-refractivity contribution in [2.24, 2.45) is 16.7 Å². The van der Waals surface area contributed by atoms with Gasteiger partial charge in [-0.1, -0.05) is 111 Å². The number of nitrogens with zero attached hydrogens (tertiary/aromatic N) is 1. The summed E-state index contributed by atoms with van der Waals surface area (Å²) < 4.78 is 6.31. The minimum atomic E-state index is -0.337. The van der Waals surface area contributed by atoms with Gasteiger partial charge in [0, 0.05) is 59.9 Å². The van der Waals surface area contributed by atoms with E-state index in [4.69, 9.17) is 9.40 Å². The standard InChI is InChI=1S/C32H32NO2.C15H28O2.Ir/c1-19(2)16-26-20(3)35-31-24(26)13-14-28(34)29(31)25-12-9-15-33-30(25)22-17-21-10-7-8-11-23(21)27(18-22)32(4,5)6;1-7-14(5,8-2)12(16)11-13(17)15(6,9-3)10-4;/h7-15,18-19,34H,16H2,1-6H3;11,16H,7-10H2,1-6H3;/q-1;;/b;12-11-;. The van der Waals surface area contributed by atoms with Gasteiger partial charge in [0.25, 0.3) is 0 Å². The summed E-state index contributed by atoms with van der Waals surface area (Å²) in [4.78, 5) is 17.0. The van der Waals surface area contributed by atoms with Gasteiger partial charge >= 0.3 is 0 Å². The van der Waals surface area contributed by atoms with Crippen LogP contribution in [0.3, 0.4) is 0 Å². The number of fused-ring (bicyclic) bond motifs is 2. The first kappa shape index (κ1) is 43.7. The molecule has 1 radical (unpaired) electrons. The Morgan fingerprint density at radius 2 is 1.51 bits per heavy atom. The molecule has 0 saturated carbocycles. The molecule has 3 aromatic carbocycles. The molecule has 2 heterocycles. The van der Waals surface area contributed by atoms with Crippen LogP contribution >= 0.6 is 0 Å². The summed E-state index contributed by atoms with van der Waals surface area (Å²) >= 11 is 0. The number of hydrogen-bond acceptors (Lipinski definition) is 5. The molecular weight excluding hydrogens is 835 g/mol. The van der Waals surface area contributed by atoms with E-state index in [2.05, 4.69) is 65.0 Å². The number of aliphatic hydroxyl groups excluding tert-OH is 1. The van der Waals surface area contributed by atoms with Crippen LogP contribution in [-0.2, 0) is 36.7 Å². The van der Waals surface area contributed by atoms with Crippen LogP contribution in [-0.4, -0.2) is 21.0 Å². The van der Waals surface area contributed by atoms with Crippen molar-refractivity contribution in [3.05, 3.63) is 95.6 Å². The van der Waals surface area contributed by atoms with Gasteiger partial charge in [0.2, 0.25) is 0 Å². The molecule has 0 atom stereocenters. The van der Waals surface area contributed by atoms with E-state index in [-0.39, 0.29) is 53.6 Å². The van der Waals surface area contributed by atoms with Gasteiger partial charge in [0.05, 0.1) is 5.56 Å². The average molecular weight is 895 g/mol. The van der Waals surface area contributed by atoms with Crippen molar-refractivity contribution < 1.29 is 39.5 Å². The number of phenolic OH excluding ortho intramolecular Hbond substituents is 1. The molecule has 0 saturated heterocycles. The number of aliphatic hydroxyl groups is 1. The molecule has 5 rings (SSSR count). The van der Waals surface area contributed by atoms with Crippen LogP contribution in [0.5, 0.6) is 5.75 Å². The van der Waals surface area contributed by atoms with Crippen molar-refractivity contribution in [3.8, 4) is 28.1 Å². The van der Waals surface area contributed by atoms with Crippen molar-refractivity contribution in [2.75, 3.05) is 0 Å². The van der Waals surface area contributed by atoms with Crippen molar-refractivity contribution in [1.29, 1.82) is 0 Å². The van der Waals surface area contributed by atoms with E-state index >= 15 is 0 Å². The third-order valence-electron chi connectivity index (χ3n) is 11.3. The van der Waals surface area contributed by atoms with Gasteiger partial charge in [-0.15, -0.1) is 29.1 Å². The number of phenols is 1. The molecule has 0 aliphatic rings. The molecule has 6 heteroatoms. The maximum Gasteiger partial charge on any atom is 0.164 e. The molecule has 0 aliphatic carbocycles. The monoisotopic (exact) mass is 895 g/mol. The van der Waals surface area contributed by atoms with Crippen molar-refractivity contribution in [3.63, 3.8) is 0 Å². The van der Waals surface area contributed by atoms with E-state index in [1.807, 2.05) is 72.7 Å². The number of aryl methyl sites for hydroxylation is 1. The zero-order valence-corrected chi connectivity index (χ0v) is 36.4.